The molecular weight excluding hydrogens is 234 g/mol. The number of rotatable bonds is 5. The highest BCUT2D eigenvalue weighted by atomic mass is 32.1. The minimum Gasteiger partial charge on any atom is -0.389 e. The summed E-state index contributed by atoms with van der Waals surface area (Å²) >= 11 is 1.67. The predicted octanol–water partition coefficient (Wildman–Crippen LogP) is 2.16. The van der Waals surface area contributed by atoms with Crippen LogP contribution in [0.5, 0.6) is 0 Å². The molecule has 0 bridgehead atoms. The van der Waals surface area contributed by atoms with E-state index in [0.717, 1.165) is 6.42 Å². The van der Waals surface area contributed by atoms with Gasteiger partial charge in [-0.05, 0) is 31.7 Å². The second-order valence-corrected chi connectivity index (χ2v) is 6.22. The third-order valence-electron chi connectivity index (χ3n) is 2.51. The van der Waals surface area contributed by atoms with Gasteiger partial charge in [-0.15, -0.1) is 11.3 Å². The van der Waals surface area contributed by atoms with Crippen LogP contribution >= 0.6 is 11.3 Å². The van der Waals surface area contributed by atoms with E-state index in [4.69, 9.17) is 0 Å². The first-order chi connectivity index (χ1) is 7.79. The summed E-state index contributed by atoms with van der Waals surface area (Å²) in [6, 6.07) is 4.04. The molecule has 0 aliphatic rings. The van der Waals surface area contributed by atoms with Crippen LogP contribution in [0.3, 0.4) is 0 Å². The molecule has 0 saturated carbocycles. The van der Waals surface area contributed by atoms with Crippen LogP contribution in [0, 0.1) is 5.92 Å². The largest absolute Gasteiger partial charge is 0.389 e. The van der Waals surface area contributed by atoms with Gasteiger partial charge in [0.1, 0.15) is 0 Å². The minimum atomic E-state index is -0.840. The summed E-state index contributed by atoms with van der Waals surface area (Å²) in [6.07, 6.45) is 0.771. The highest BCUT2D eigenvalue weighted by molar-refractivity contribution is 7.09. The van der Waals surface area contributed by atoms with Crippen LogP contribution in [0.25, 0.3) is 0 Å². The molecule has 1 amide bonds. The van der Waals surface area contributed by atoms with Gasteiger partial charge in [-0.25, -0.2) is 0 Å². The van der Waals surface area contributed by atoms with Gasteiger partial charge in [-0.3, -0.25) is 4.79 Å². The van der Waals surface area contributed by atoms with Gasteiger partial charge in [0.15, 0.2) is 0 Å². The first-order valence-corrected chi connectivity index (χ1v) is 6.67. The highest BCUT2D eigenvalue weighted by Gasteiger charge is 2.23. The molecule has 3 nitrogen and oxygen atoms in total. The molecule has 1 atom stereocenters. The normalized spacial score (nSPS) is 13.5. The molecule has 4 heteroatoms. The van der Waals surface area contributed by atoms with Crippen LogP contribution in [-0.4, -0.2) is 35.1 Å². The number of hydrogen-bond donors (Lipinski definition) is 1. The molecule has 0 fully saturated rings. The lowest BCUT2D eigenvalue weighted by molar-refractivity contribution is -0.136. The maximum absolute atomic E-state index is 12.1. The second kappa shape index (κ2) is 5.65. The smallest absolute Gasteiger partial charge is 0.225 e. The fourth-order valence-corrected chi connectivity index (χ4v) is 2.69. The van der Waals surface area contributed by atoms with Crippen molar-refractivity contribution >= 4 is 17.2 Å². The summed E-state index contributed by atoms with van der Waals surface area (Å²) in [5.41, 5.74) is -0.840. The Morgan fingerprint density at radius 3 is 2.71 bits per heavy atom. The van der Waals surface area contributed by atoms with Crippen LogP contribution in [0.4, 0.5) is 0 Å². The van der Waals surface area contributed by atoms with Gasteiger partial charge in [-0.2, -0.15) is 0 Å². The monoisotopic (exact) mass is 255 g/mol. The van der Waals surface area contributed by atoms with Crippen molar-refractivity contribution in [3.05, 3.63) is 22.4 Å². The molecule has 1 unspecified atom stereocenters. The Hall–Kier alpha value is -0.870. The van der Waals surface area contributed by atoms with Crippen molar-refractivity contribution < 1.29 is 9.90 Å². The van der Waals surface area contributed by atoms with Crippen molar-refractivity contribution in [1.82, 2.24) is 4.90 Å². The predicted molar refractivity (Wildman–Crippen MR) is 71.1 cm³/mol. The average Bonchev–Trinajstić information content (AvgIpc) is 2.66. The maximum Gasteiger partial charge on any atom is 0.225 e. The van der Waals surface area contributed by atoms with Gasteiger partial charge in [0.05, 0.1) is 5.60 Å². The van der Waals surface area contributed by atoms with E-state index >= 15 is 0 Å². The first kappa shape index (κ1) is 14.2. The molecule has 0 radical (unpaired) electrons. The molecule has 0 spiro atoms. The number of thiophene rings is 1. The maximum atomic E-state index is 12.1. The van der Waals surface area contributed by atoms with E-state index in [1.54, 1.807) is 37.1 Å². The van der Waals surface area contributed by atoms with Gasteiger partial charge in [-0.1, -0.05) is 13.0 Å². The summed E-state index contributed by atoms with van der Waals surface area (Å²) in [6.45, 7) is 5.71. The molecule has 0 aliphatic carbocycles. The van der Waals surface area contributed by atoms with Crippen molar-refractivity contribution in [2.24, 2.45) is 5.92 Å². The standard InChI is InChI=1S/C13H21NO2S/c1-10(8-11-6-5-7-17-11)12(15)14(4)9-13(2,3)16/h5-7,10,16H,8-9H2,1-4H3. The second-order valence-electron chi connectivity index (χ2n) is 5.19. The fourth-order valence-electron chi connectivity index (χ4n) is 1.85. The lowest BCUT2D eigenvalue weighted by atomic mass is 10.0. The van der Waals surface area contributed by atoms with Gasteiger partial charge >= 0.3 is 0 Å². The van der Waals surface area contributed by atoms with Crippen molar-refractivity contribution in [1.29, 1.82) is 0 Å². The minimum absolute atomic E-state index is 0.0407. The highest BCUT2D eigenvalue weighted by Crippen LogP contribution is 2.16. The Balaban J connectivity index is 2.51. The van der Waals surface area contributed by atoms with E-state index in [9.17, 15) is 9.90 Å². The number of likely N-dealkylation sites (N-methyl/N-ethyl adjacent to an activating group) is 1. The Morgan fingerprint density at radius 1 is 1.59 bits per heavy atom. The number of hydrogen-bond acceptors (Lipinski definition) is 3. The van der Waals surface area contributed by atoms with Gasteiger partial charge in [0.25, 0.3) is 0 Å². The van der Waals surface area contributed by atoms with Crippen LogP contribution in [-0.2, 0) is 11.2 Å². The summed E-state index contributed by atoms with van der Waals surface area (Å²) in [4.78, 5) is 14.9. The number of carbonyl (C=O) groups excluding carboxylic acids is 1. The molecule has 1 rings (SSSR count). The summed E-state index contributed by atoms with van der Waals surface area (Å²) < 4.78 is 0. The van der Waals surface area contributed by atoms with E-state index in [0.29, 0.717) is 6.54 Å². The Bertz CT molecular complexity index is 354. The molecule has 0 saturated heterocycles. The molecule has 1 aromatic rings. The molecule has 1 N–H and O–H groups in total. The van der Waals surface area contributed by atoms with Crippen LogP contribution < -0.4 is 0 Å². The number of amides is 1. The Labute approximate surface area is 107 Å². The van der Waals surface area contributed by atoms with E-state index in [1.807, 2.05) is 24.4 Å². The van der Waals surface area contributed by atoms with Crippen LogP contribution in [0.15, 0.2) is 17.5 Å². The lowest BCUT2D eigenvalue weighted by Crippen LogP contribution is -2.42. The van der Waals surface area contributed by atoms with Crippen molar-refractivity contribution in [3.63, 3.8) is 0 Å². The van der Waals surface area contributed by atoms with Crippen molar-refractivity contribution in [2.75, 3.05) is 13.6 Å². The topological polar surface area (TPSA) is 40.5 Å². The van der Waals surface area contributed by atoms with E-state index in [-0.39, 0.29) is 11.8 Å². The third-order valence-corrected chi connectivity index (χ3v) is 3.41. The molecule has 1 heterocycles. The quantitative estimate of drug-likeness (QED) is 0.876. The van der Waals surface area contributed by atoms with E-state index in [2.05, 4.69) is 0 Å². The molecule has 0 aromatic carbocycles. The van der Waals surface area contributed by atoms with Crippen LogP contribution in [0.2, 0.25) is 0 Å². The molecule has 1 aromatic heterocycles. The number of aliphatic hydroxyl groups is 1. The van der Waals surface area contributed by atoms with E-state index in [1.165, 1.54) is 4.88 Å². The van der Waals surface area contributed by atoms with E-state index < -0.39 is 5.60 Å². The van der Waals surface area contributed by atoms with Crippen LogP contribution in [0.1, 0.15) is 25.6 Å². The first-order valence-electron chi connectivity index (χ1n) is 5.79. The molecule has 0 aliphatic heterocycles. The van der Waals surface area contributed by atoms with Gasteiger partial charge in [0.2, 0.25) is 5.91 Å². The number of carbonyl (C=O) groups is 1. The molecule has 96 valence electrons. The number of nitrogens with zero attached hydrogens (tertiary/aromatic N) is 1. The zero-order valence-electron chi connectivity index (χ0n) is 10.9. The Kier molecular flexibility index (Phi) is 4.71. The van der Waals surface area contributed by atoms with Crippen molar-refractivity contribution in [2.45, 2.75) is 32.8 Å². The summed E-state index contributed by atoms with van der Waals surface area (Å²) in [7, 11) is 1.74. The SMILES string of the molecule is CC(Cc1cccs1)C(=O)N(C)CC(C)(C)O. The van der Waals surface area contributed by atoms with Gasteiger partial charge < -0.3 is 10.0 Å². The lowest BCUT2D eigenvalue weighted by Gasteiger charge is -2.27. The average molecular weight is 255 g/mol. The fraction of sp³-hybridized carbons (Fsp3) is 0.615. The molecule has 17 heavy (non-hydrogen) atoms. The zero-order valence-corrected chi connectivity index (χ0v) is 11.8. The van der Waals surface area contributed by atoms with Crippen molar-refractivity contribution in [3.8, 4) is 0 Å². The summed E-state index contributed by atoms with van der Waals surface area (Å²) in [5.74, 6) is 0.0431. The van der Waals surface area contributed by atoms with Gasteiger partial charge in [0, 0.05) is 24.4 Å². The zero-order chi connectivity index (χ0) is 13.1. The third kappa shape index (κ3) is 4.88. The summed E-state index contributed by atoms with van der Waals surface area (Å²) in [5, 5.41) is 11.7. The Morgan fingerprint density at radius 2 is 2.24 bits per heavy atom. The molecular formula is C13H21NO2S.